The van der Waals surface area contributed by atoms with Crippen LogP contribution in [-0.2, 0) is 11.2 Å². The van der Waals surface area contributed by atoms with Crippen LogP contribution in [0.25, 0.3) is 16.7 Å². The lowest BCUT2D eigenvalue weighted by atomic mass is 10.1. The maximum atomic E-state index is 6.15. The lowest BCUT2D eigenvalue weighted by Gasteiger charge is -2.12. The molecule has 0 aliphatic carbocycles. The standard InChI is InChI=1S/C17H19N3O/c1-12-7-8-16-14(11-12)19-17(18)20(16)15-6-4-3-5-13(15)9-10-21-2/h3-8,11H,9-10H2,1-2H3,(H2,18,19). The van der Waals surface area contributed by atoms with Gasteiger partial charge in [0, 0.05) is 7.11 Å². The van der Waals surface area contributed by atoms with Crippen LogP contribution in [0.4, 0.5) is 5.95 Å². The Kier molecular flexibility index (Phi) is 3.62. The van der Waals surface area contributed by atoms with Crippen LogP contribution in [0, 0.1) is 6.92 Å². The number of nitrogen functional groups attached to an aromatic ring is 1. The molecular formula is C17H19N3O. The van der Waals surface area contributed by atoms with Crippen LogP contribution in [0.3, 0.4) is 0 Å². The number of fused-ring (bicyclic) bond motifs is 1. The van der Waals surface area contributed by atoms with Crippen LogP contribution in [0.15, 0.2) is 42.5 Å². The van der Waals surface area contributed by atoms with Crippen LogP contribution in [0.5, 0.6) is 0 Å². The van der Waals surface area contributed by atoms with E-state index >= 15 is 0 Å². The molecule has 0 aliphatic rings. The van der Waals surface area contributed by atoms with Gasteiger partial charge in [-0.25, -0.2) is 4.98 Å². The zero-order valence-corrected chi connectivity index (χ0v) is 12.3. The molecule has 0 saturated carbocycles. The number of aryl methyl sites for hydroxylation is 1. The normalized spacial score (nSPS) is 11.1. The molecule has 2 aromatic carbocycles. The van der Waals surface area contributed by atoms with Gasteiger partial charge >= 0.3 is 0 Å². The number of anilines is 1. The summed E-state index contributed by atoms with van der Waals surface area (Å²) in [5.74, 6) is 0.514. The van der Waals surface area contributed by atoms with E-state index in [1.807, 2.05) is 16.7 Å². The first-order valence-corrected chi connectivity index (χ1v) is 7.02. The van der Waals surface area contributed by atoms with E-state index in [-0.39, 0.29) is 0 Å². The van der Waals surface area contributed by atoms with E-state index in [4.69, 9.17) is 10.5 Å². The third kappa shape index (κ3) is 2.50. The van der Waals surface area contributed by atoms with E-state index in [0.29, 0.717) is 12.6 Å². The fourth-order valence-electron chi connectivity index (χ4n) is 2.61. The van der Waals surface area contributed by atoms with Gasteiger partial charge < -0.3 is 10.5 Å². The van der Waals surface area contributed by atoms with Crippen molar-refractivity contribution in [2.45, 2.75) is 13.3 Å². The number of rotatable bonds is 4. The van der Waals surface area contributed by atoms with Crippen molar-refractivity contribution >= 4 is 17.0 Å². The summed E-state index contributed by atoms with van der Waals surface area (Å²) >= 11 is 0. The average molecular weight is 281 g/mol. The molecule has 4 nitrogen and oxygen atoms in total. The minimum atomic E-state index is 0.514. The molecule has 1 aromatic heterocycles. The minimum absolute atomic E-state index is 0.514. The third-order valence-corrected chi connectivity index (χ3v) is 3.64. The van der Waals surface area contributed by atoms with Crippen LogP contribution < -0.4 is 5.73 Å². The summed E-state index contributed by atoms with van der Waals surface area (Å²) in [6.45, 7) is 2.74. The van der Waals surface area contributed by atoms with Crippen molar-refractivity contribution in [1.82, 2.24) is 9.55 Å². The number of aromatic nitrogens is 2. The molecule has 0 bridgehead atoms. The fourth-order valence-corrected chi connectivity index (χ4v) is 2.61. The zero-order chi connectivity index (χ0) is 14.8. The molecule has 108 valence electrons. The Hall–Kier alpha value is -2.33. The molecule has 0 radical (unpaired) electrons. The van der Waals surface area contributed by atoms with Gasteiger partial charge in [0.1, 0.15) is 0 Å². The number of para-hydroxylation sites is 1. The van der Waals surface area contributed by atoms with Crippen LogP contribution in [0.1, 0.15) is 11.1 Å². The summed E-state index contributed by atoms with van der Waals surface area (Å²) in [7, 11) is 1.71. The summed E-state index contributed by atoms with van der Waals surface area (Å²) in [4.78, 5) is 4.48. The van der Waals surface area contributed by atoms with E-state index in [1.54, 1.807) is 7.11 Å². The summed E-state index contributed by atoms with van der Waals surface area (Å²) < 4.78 is 7.21. The predicted octanol–water partition coefficient (Wildman–Crippen LogP) is 3.11. The van der Waals surface area contributed by atoms with Crippen molar-refractivity contribution in [1.29, 1.82) is 0 Å². The van der Waals surface area contributed by atoms with Gasteiger partial charge in [-0.05, 0) is 42.7 Å². The third-order valence-electron chi connectivity index (χ3n) is 3.64. The minimum Gasteiger partial charge on any atom is -0.384 e. The first-order valence-electron chi connectivity index (χ1n) is 7.02. The zero-order valence-electron chi connectivity index (χ0n) is 12.3. The molecule has 2 N–H and O–H groups in total. The SMILES string of the molecule is COCCc1ccccc1-n1c(N)nc2cc(C)ccc21. The molecule has 21 heavy (non-hydrogen) atoms. The number of hydrogen-bond donors (Lipinski definition) is 1. The topological polar surface area (TPSA) is 53.1 Å². The van der Waals surface area contributed by atoms with Gasteiger partial charge in [-0.15, -0.1) is 0 Å². The Bertz CT molecular complexity index is 777. The smallest absolute Gasteiger partial charge is 0.205 e. The number of imidazole rings is 1. The highest BCUT2D eigenvalue weighted by molar-refractivity contribution is 5.81. The second kappa shape index (κ2) is 5.58. The summed E-state index contributed by atoms with van der Waals surface area (Å²) in [5.41, 5.74) is 11.6. The molecule has 3 rings (SSSR count). The van der Waals surface area contributed by atoms with Crippen molar-refractivity contribution in [3.63, 3.8) is 0 Å². The predicted molar refractivity (Wildman–Crippen MR) is 85.8 cm³/mol. The molecule has 3 aromatic rings. The number of nitrogens with two attached hydrogens (primary N) is 1. The van der Waals surface area contributed by atoms with Gasteiger partial charge in [-0.2, -0.15) is 0 Å². The van der Waals surface area contributed by atoms with Gasteiger partial charge in [0.05, 0.1) is 23.3 Å². The van der Waals surface area contributed by atoms with Gasteiger partial charge in [-0.1, -0.05) is 24.3 Å². The number of ether oxygens (including phenoxy) is 1. The Labute approximate surface area is 124 Å². The Morgan fingerprint density at radius 1 is 1.19 bits per heavy atom. The van der Waals surface area contributed by atoms with Crippen molar-refractivity contribution in [2.75, 3.05) is 19.5 Å². The monoisotopic (exact) mass is 281 g/mol. The number of nitrogens with zero attached hydrogens (tertiary/aromatic N) is 2. The van der Waals surface area contributed by atoms with E-state index in [1.165, 1.54) is 11.1 Å². The quantitative estimate of drug-likeness (QED) is 0.799. The van der Waals surface area contributed by atoms with Crippen LogP contribution in [-0.4, -0.2) is 23.3 Å². The van der Waals surface area contributed by atoms with E-state index in [0.717, 1.165) is 23.1 Å². The molecule has 1 heterocycles. The number of hydrogen-bond acceptors (Lipinski definition) is 3. The number of methoxy groups -OCH3 is 1. The second-order valence-electron chi connectivity index (χ2n) is 5.17. The molecule has 4 heteroatoms. The number of benzene rings is 2. The highest BCUT2D eigenvalue weighted by Crippen LogP contribution is 2.26. The maximum absolute atomic E-state index is 6.15. The van der Waals surface area contributed by atoms with Gasteiger partial charge in [-0.3, -0.25) is 4.57 Å². The molecule has 0 aliphatic heterocycles. The van der Waals surface area contributed by atoms with E-state index in [9.17, 15) is 0 Å². The first kappa shape index (κ1) is 13.6. The lowest BCUT2D eigenvalue weighted by molar-refractivity contribution is 0.202. The summed E-state index contributed by atoms with van der Waals surface area (Å²) in [6, 6.07) is 14.4. The summed E-state index contributed by atoms with van der Waals surface area (Å²) in [5, 5.41) is 0. The molecule has 0 saturated heterocycles. The fraction of sp³-hybridized carbons (Fsp3) is 0.235. The maximum Gasteiger partial charge on any atom is 0.205 e. The van der Waals surface area contributed by atoms with Gasteiger partial charge in [0.25, 0.3) is 0 Å². The highest BCUT2D eigenvalue weighted by atomic mass is 16.5. The Balaban J connectivity index is 2.18. The van der Waals surface area contributed by atoms with Crippen molar-refractivity contribution in [2.24, 2.45) is 0 Å². The Morgan fingerprint density at radius 3 is 2.81 bits per heavy atom. The van der Waals surface area contributed by atoms with Gasteiger partial charge in [0.15, 0.2) is 0 Å². The second-order valence-corrected chi connectivity index (χ2v) is 5.17. The lowest BCUT2D eigenvalue weighted by Crippen LogP contribution is -2.05. The molecule has 0 amide bonds. The van der Waals surface area contributed by atoms with Crippen LogP contribution >= 0.6 is 0 Å². The van der Waals surface area contributed by atoms with Crippen molar-refractivity contribution < 1.29 is 4.74 Å². The highest BCUT2D eigenvalue weighted by Gasteiger charge is 2.12. The van der Waals surface area contributed by atoms with Crippen LogP contribution in [0.2, 0.25) is 0 Å². The average Bonchev–Trinajstić information content (AvgIpc) is 2.80. The van der Waals surface area contributed by atoms with E-state index < -0.39 is 0 Å². The van der Waals surface area contributed by atoms with Gasteiger partial charge in [0.2, 0.25) is 5.95 Å². The van der Waals surface area contributed by atoms with E-state index in [2.05, 4.69) is 42.2 Å². The van der Waals surface area contributed by atoms with Crippen molar-refractivity contribution in [3.8, 4) is 5.69 Å². The molecule has 0 spiro atoms. The molecular weight excluding hydrogens is 262 g/mol. The molecule has 0 unspecified atom stereocenters. The molecule has 0 atom stereocenters. The summed E-state index contributed by atoms with van der Waals surface area (Å²) in [6.07, 6.45) is 0.845. The Morgan fingerprint density at radius 2 is 2.00 bits per heavy atom. The van der Waals surface area contributed by atoms with Crippen molar-refractivity contribution in [3.05, 3.63) is 53.6 Å². The molecule has 0 fully saturated rings. The largest absolute Gasteiger partial charge is 0.384 e. The first-order chi connectivity index (χ1) is 10.2.